The summed E-state index contributed by atoms with van der Waals surface area (Å²) in [6, 6.07) is 23.4. The Bertz CT molecular complexity index is 1260. The molecule has 0 aliphatic rings. The SMILES string of the molecule is O=C(Cc1cnc[nH]1)N[C@@H](COCc1ccccc1)C(=O)Cc1ccc(Oc2ccccc2)c(Cl)c1. The number of nitrogens with one attached hydrogen (secondary N) is 2. The molecule has 0 saturated heterocycles. The van der Waals surface area contributed by atoms with Crippen LogP contribution in [0.4, 0.5) is 0 Å². The zero-order valence-corrected chi connectivity index (χ0v) is 20.3. The number of imidazole rings is 1. The first-order valence-electron chi connectivity index (χ1n) is 11.5. The van der Waals surface area contributed by atoms with Gasteiger partial charge in [0.25, 0.3) is 0 Å². The maximum atomic E-state index is 13.2. The van der Waals surface area contributed by atoms with Gasteiger partial charge in [0.05, 0.1) is 31.0 Å². The number of carbonyl (C=O) groups excluding carboxylic acids is 2. The lowest BCUT2D eigenvalue weighted by atomic mass is 10.0. The van der Waals surface area contributed by atoms with Crippen molar-refractivity contribution in [1.29, 1.82) is 0 Å². The fourth-order valence-corrected chi connectivity index (χ4v) is 3.80. The molecule has 0 saturated carbocycles. The van der Waals surface area contributed by atoms with Crippen LogP contribution in [0.1, 0.15) is 16.8 Å². The van der Waals surface area contributed by atoms with Crippen LogP contribution < -0.4 is 10.1 Å². The predicted octanol–water partition coefficient (Wildman–Crippen LogP) is 4.91. The van der Waals surface area contributed by atoms with Crippen molar-refractivity contribution in [2.45, 2.75) is 25.5 Å². The van der Waals surface area contributed by atoms with E-state index in [0.29, 0.717) is 34.4 Å². The molecule has 36 heavy (non-hydrogen) atoms. The van der Waals surface area contributed by atoms with Gasteiger partial charge in [-0.2, -0.15) is 0 Å². The van der Waals surface area contributed by atoms with Crippen molar-refractivity contribution >= 4 is 23.3 Å². The fraction of sp³-hybridized carbons (Fsp3) is 0.179. The van der Waals surface area contributed by atoms with E-state index in [-0.39, 0.29) is 31.1 Å². The number of nitrogens with zero attached hydrogens (tertiary/aromatic N) is 1. The molecule has 1 atom stereocenters. The summed E-state index contributed by atoms with van der Waals surface area (Å²) in [6.07, 6.45) is 3.24. The molecular formula is C28H26ClN3O4. The van der Waals surface area contributed by atoms with Gasteiger partial charge in [-0.25, -0.2) is 4.98 Å². The number of aromatic nitrogens is 2. The summed E-state index contributed by atoms with van der Waals surface area (Å²) in [7, 11) is 0. The van der Waals surface area contributed by atoms with E-state index in [1.165, 1.54) is 6.33 Å². The average molecular weight is 504 g/mol. The molecule has 2 N–H and O–H groups in total. The summed E-state index contributed by atoms with van der Waals surface area (Å²) in [6.45, 7) is 0.379. The number of hydrogen-bond donors (Lipinski definition) is 2. The van der Waals surface area contributed by atoms with Crippen molar-refractivity contribution in [3.05, 3.63) is 113 Å². The molecule has 0 spiro atoms. The van der Waals surface area contributed by atoms with Gasteiger partial charge in [0.2, 0.25) is 5.91 Å². The standard InChI is InChI=1S/C28H26ClN3O4/c29-24-13-21(11-12-27(24)36-23-9-5-2-6-10-23)14-26(33)25(18-35-17-20-7-3-1-4-8-20)32-28(34)15-22-16-30-19-31-22/h1-13,16,19,25H,14-15,17-18H2,(H,30,31)(H,32,34)/t25-/m0/s1. The normalized spacial score (nSPS) is 11.6. The summed E-state index contributed by atoms with van der Waals surface area (Å²) in [5.74, 6) is 0.674. The van der Waals surface area contributed by atoms with E-state index in [0.717, 1.165) is 5.56 Å². The molecule has 0 radical (unpaired) electrons. The number of halogens is 1. The number of H-pyrrole nitrogens is 1. The second-order valence-corrected chi connectivity index (χ2v) is 8.60. The Morgan fingerprint density at radius 1 is 0.944 bits per heavy atom. The number of ether oxygens (including phenoxy) is 2. The number of rotatable bonds is 12. The van der Waals surface area contributed by atoms with Crippen molar-refractivity contribution in [2.75, 3.05) is 6.61 Å². The lowest BCUT2D eigenvalue weighted by Crippen LogP contribution is -2.45. The number of para-hydroxylation sites is 1. The third kappa shape index (κ3) is 7.53. The van der Waals surface area contributed by atoms with E-state index in [4.69, 9.17) is 21.1 Å². The molecule has 0 aliphatic carbocycles. The van der Waals surface area contributed by atoms with Crippen molar-refractivity contribution in [3.8, 4) is 11.5 Å². The van der Waals surface area contributed by atoms with Crippen molar-refractivity contribution in [2.24, 2.45) is 0 Å². The Hall–Kier alpha value is -3.94. The average Bonchev–Trinajstić information content (AvgIpc) is 3.39. The number of hydrogen-bond acceptors (Lipinski definition) is 5. The molecule has 4 aromatic rings. The monoisotopic (exact) mass is 503 g/mol. The summed E-state index contributed by atoms with van der Waals surface area (Å²) in [5.41, 5.74) is 2.35. The van der Waals surface area contributed by atoms with Crippen LogP contribution in [0.3, 0.4) is 0 Å². The van der Waals surface area contributed by atoms with Crippen molar-refractivity contribution < 1.29 is 19.1 Å². The zero-order valence-electron chi connectivity index (χ0n) is 19.5. The van der Waals surface area contributed by atoms with Crippen LogP contribution in [0.25, 0.3) is 0 Å². The van der Waals surface area contributed by atoms with E-state index >= 15 is 0 Å². The first kappa shape index (κ1) is 25.2. The van der Waals surface area contributed by atoms with Gasteiger partial charge in [-0.15, -0.1) is 0 Å². The Morgan fingerprint density at radius 3 is 2.39 bits per heavy atom. The van der Waals surface area contributed by atoms with Crippen LogP contribution in [0.5, 0.6) is 11.5 Å². The van der Waals surface area contributed by atoms with E-state index in [9.17, 15) is 9.59 Å². The van der Waals surface area contributed by atoms with Gasteiger partial charge in [0.1, 0.15) is 17.5 Å². The smallest absolute Gasteiger partial charge is 0.226 e. The van der Waals surface area contributed by atoms with Gasteiger partial charge in [-0.3, -0.25) is 9.59 Å². The molecule has 8 heteroatoms. The molecule has 7 nitrogen and oxygen atoms in total. The quantitative estimate of drug-likeness (QED) is 0.286. The Labute approximate surface area is 214 Å². The highest BCUT2D eigenvalue weighted by molar-refractivity contribution is 6.32. The Kier molecular flexibility index (Phi) is 8.86. The third-order valence-corrected chi connectivity index (χ3v) is 5.67. The van der Waals surface area contributed by atoms with Crippen LogP contribution in [0.15, 0.2) is 91.4 Å². The summed E-state index contributed by atoms with van der Waals surface area (Å²) in [4.78, 5) is 32.6. The highest BCUT2D eigenvalue weighted by Crippen LogP contribution is 2.30. The number of benzene rings is 3. The topological polar surface area (TPSA) is 93.3 Å². The number of amides is 1. The number of carbonyl (C=O) groups is 2. The lowest BCUT2D eigenvalue weighted by molar-refractivity contribution is -0.128. The first-order chi connectivity index (χ1) is 17.6. The lowest BCUT2D eigenvalue weighted by Gasteiger charge is -2.18. The first-order valence-corrected chi connectivity index (χ1v) is 11.9. The van der Waals surface area contributed by atoms with Crippen LogP contribution in [0, 0.1) is 0 Å². The second kappa shape index (κ2) is 12.7. The molecule has 1 amide bonds. The largest absolute Gasteiger partial charge is 0.456 e. The van der Waals surface area contributed by atoms with Gasteiger partial charge in [-0.1, -0.05) is 66.2 Å². The Morgan fingerprint density at radius 2 is 1.69 bits per heavy atom. The molecule has 3 aromatic carbocycles. The van der Waals surface area contributed by atoms with Crippen LogP contribution in [-0.4, -0.2) is 34.3 Å². The van der Waals surface area contributed by atoms with Gasteiger partial charge in [0.15, 0.2) is 5.78 Å². The van der Waals surface area contributed by atoms with E-state index in [1.54, 1.807) is 24.4 Å². The molecule has 1 aromatic heterocycles. The van der Waals surface area contributed by atoms with Crippen molar-refractivity contribution in [3.63, 3.8) is 0 Å². The predicted molar refractivity (Wildman–Crippen MR) is 137 cm³/mol. The molecule has 4 rings (SSSR count). The fourth-order valence-electron chi connectivity index (χ4n) is 3.56. The van der Waals surface area contributed by atoms with E-state index < -0.39 is 6.04 Å². The highest BCUT2D eigenvalue weighted by atomic mass is 35.5. The van der Waals surface area contributed by atoms with Gasteiger partial charge in [0, 0.05) is 18.3 Å². The summed E-state index contributed by atoms with van der Waals surface area (Å²) < 4.78 is 11.6. The molecule has 0 aliphatic heterocycles. The van der Waals surface area contributed by atoms with E-state index in [1.807, 2.05) is 60.7 Å². The second-order valence-electron chi connectivity index (χ2n) is 8.20. The van der Waals surface area contributed by atoms with E-state index in [2.05, 4.69) is 15.3 Å². The zero-order chi connectivity index (χ0) is 25.2. The molecule has 1 heterocycles. The minimum atomic E-state index is -0.817. The Balaban J connectivity index is 1.40. The van der Waals surface area contributed by atoms with Gasteiger partial charge >= 0.3 is 0 Å². The molecule has 0 unspecified atom stereocenters. The minimum absolute atomic E-state index is 0.0470. The number of Topliss-reactive ketones (excluding diaryl/α,β-unsaturated/α-hetero) is 1. The van der Waals surface area contributed by atoms with Crippen LogP contribution in [0.2, 0.25) is 5.02 Å². The van der Waals surface area contributed by atoms with Gasteiger partial charge < -0.3 is 19.8 Å². The minimum Gasteiger partial charge on any atom is -0.456 e. The number of ketones is 1. The maximum absolute atomic E-state index is 13.2. The molecule has 184 valence electrons. The van der Waals surface area contributed by atoms with Gasteiger partial charge in [-0.05, 0) is 35.4 Å². The van der Waals surface area contributed by atoms with Crippen LogP contribution >= 0.6 is 11.6 Å². The van der Waals surface area contributed by atoms with Crippen LogP contribution in [-0.2, 0) is 33.8 Å². The summed E-state index contributed by atoms with van der Waals surface area (Å²) >= 11 is 6.42. The molecular weight excluding hydrogens is 478 g/mol. The van der Waals surface area contributed by atoms with Crippen molar-refractivity contribution in [1.82, 2.24) is 15.3 Å². The number of aromatic amines is 1. The summed E-state index contributed by atoms with van der Waals surface area (Å²) in [5, 5.41) is 3.19. The molecule has 0 bridgehead atoms. The third-order valence-electron chi connectivity index (χ3n) is 5.37. The maximum Gasteiger partial charge on any atom is 0.226 e. The highest BCUT2D eigenvalue weighted by Gasteiger charge is 2.22. The molecule has 0 fully saturated rings.